The first-order valence-corrected chi connectivity index (χ1v) is 5.76. The van der Waals surface area contributed by atoms with Crippen LogP contribution in [0.4, 0.5) is 5.69 Å². The van der Waals surface area contributed by atoms with Gasteiger partial charge in [-0.2, -0.15) is 0 Å². The van der Waals surface area contributed by atoms with E-state index in [0.29, 0.717) is 6.42 Å². The van der Waals surface area contributed by atoms with Crippen molar-refractivity contribution in [2.45, 2.75) is 19.3 Å². The topological polar surface area (TPSA) is 20.3 Å². The standard InChI is InChI=1S/C12H16BrNO/c1-9(6-7-15)10-4-5-11(13)12(8-10)14(2)3/h4-5,7-9H,6H2,1-3H3. The van der Waals surface area contributed by atoms with E-state index >= 15 is 0 Å². The number of aldehydes is 1. The molecule has 82 valence electrons. The van der Waals surface area contributed by atoms with Gasteiger partial charge < -0.3 is 9.69 Å². The minimum Gasteiger partial charge on any atom is -0.377 e. The fraction of sp³-hybridized carbons (Fsp3) is 0.417. The zero-order valence-corrected chi connectivity index (χ0v) is 10.9. The third kappa shape index (κ3) is 3.06. The number of hydrogen-bond donors (Lipinski definition) is 0. The fourth-order valence-electron chi connectivity index (χ4n) is 1.46. The molecule has 0 spiro atoms. The number of carbonyl (C=O) groups is 1. The first-order chi connectivity index (χ1) is 7.06. The lowest BCUT2D eigenvalue weighted by molar-refractivity contribution is -0.108. The van der Waals surface area contributed by atoms with Gasteiger partial charge in [-0.05, 0) is 39.5 Å². The molecule has 1 aromatic carbocycles. The van der Waals surface area contributed by atoms with Crippen molar-refractivity contribution in [3.63, 3.8) is 0 Å². The maximum atomic E-state index is 10.5. The minimum absolute atomic E-state index is 0.286. The molecule has 0 fully saturated rings. The Balaban J connectivity index is 3.01. The van der Waals surface area contributed by atoms with Gasteiger partial charge in [-0.3, -0.25) is 0 Å². The number of benzene rings is 1. The van der Waals surface area contributed by atoms with Crippen molar-refractivity contribution in [2.24, 2.45) is 0 Å². The Morgan fingerprint density at radius 1 is 1.47 bits per heavy atom. The maximum absolute atomic E-state index is 10.5. The Bertz CT molecular complexity index is 349. The van der Waals surface area contributed by atoms with E-state index in [-0.39, 0.29) is 5.92 Å². The average molecular weight is 270 g/mol. The summed E-state index contributed by atoms with van der Waals surface area (Å²) in [5.41, 5.74) is 2.35. The van der Waals surface area contributed by atoms with Crippen LogP contribution in [0.5, 0.6) is 0 Å². The van der Waals surface area contributed by atoms with Crippen LogP contribution in [-0.4, -0.2) is 20.4 Å². The van der Waals surface area contributed by atoms with Crippen molar-refractivity contribution >= 4 is 27.9 Å². The third-order valence-corrected chi connectivity index (χ3v) is 3.14. The fourth-order valence-corrected chi connectivity index (χ4v) is 2.06. The Hall–Kier alpha value is -0.830. The molecule has 2 nitrogen and oxygen atoms in total. The highest BCUT2D eigenvalue weighted by Crippen LogP contribution is 2.29. The summed E-state index contributed by atoms with van der Waals surface area (Å²) in [6.45, 7) is 2.07. The number of nitrogens with zero attached hydrogens (tertiary/aromatic N) is 1. The van der Waals surface area contributed by atoms with E-state index in [4.69, 9.17) is 0 Å². The smallest absolute Gasteiger partial charge is 0.120 e. The molecule has 1 atom stereocenters. The zero-order chi connectivity index (χ0) is 11.4. The molecule has 1 unspecified atom stereocenters. The van der Waals surface area contributed by atoms with Gasteiger partial charge in [0.05, 0.1) is 5.69 Å². The van der Waals surface area contributed by atoms with Gasteiger partial charge in [0.1, 0.15) is 6.29 Å². The quantitative estimate of drug-likeness (QED) is 0.783. The zero-order valence-electron chi connectivity index (χ0n) is 9.33. The highest BCUT2D eigenvalue weighted by molar-refractivity contribution is 9.10. The molecule has 1 rings (SSSR count). The van der Waals surface area contributed by atoms with E-state index in [0.717, 1.165) is 16.4 Å². The van der Waals surface area contributed by atoms with Gasteiger partial charge in [-0.1, -0.05) is 13.0 Å². The summed E-state index contributed by atoms with van der Waals surface area (Å²) in [5, 5.41) is 0. The van der Waals surface area contributed by atoms with Crippen LogP contribution in [0.2, 0.25) is 0 Å². The molecular formula is C12H16BrNO. The van der Waals surface area contributed by atoms with Crippen LogP contribution < -0.4 is 4.90 Å². The van der Waals surface area contributed by atoms with Gasteiger partial charge >= 0.3 is 0 Å². The predicted molar refractivity (Wildman–Crippen MR) is 67.6 cm³/mol. The van der Waals surface area contributed by atoms with Gasteiger partial charge in [-0.25, -0.2) is 0 Å². The van der Waals surface area contributed by atoms with E-state index in [2.05, 4.69) is 39.9 Å². The average Bonchev–Trinajstić information content (AvgIpc) is 2.18. The molecule has 1 aromatic rings. The second-order valence-corrected chi connectivity index (χ2v) is 4.76. The van der Waals surface area contributed by atoms with Crippen LogP contribution in [0.25, 0.3) is 0 Å². The molecule has 0 saturated heterocycles. The second kappa shape index (κ2) is 5.31. The van der Waals surface area contributed by atoms with Gasteiger partial charge in [0, 0.05) is 25.0 Å². The highest BCUT2D eigenvalue weighted by atomic mass is 79.9. The summed E-state index contributed by atoms with van der Waals surface area (Å²) in [4.78, 5) is 12.5. The van der Waals surface area contributed by atoms with Crippen LogP contribution in [0.1, 0.15) is 24.8 Å². The molecule has 0 aliphatic carbocycles. The lowest BCUT2D eigenvalue weighted by atomic mass is 9.98. The first kappa shape index (κ1) is 12.2. The number of halogens is 1. The largest absolute Gasteiger partial charge is 0.377 e. The number of rotatable bonds is 4. The van der Waals surface area contributed by atoms with E-state index in [1.54, 1.807) is 0 Å². The summed E-state index contributed by atoms with van der Waals surface area (Å²) in [5.74, 6) is 0.286. The Labute approximate surface area is 99.4 Å². The van der Waals surface area contributed by atoms with Crippen molar-refractivity contribution in [2.75, 3.05) is 19.0 Å². The van der Waals surface area contributed by atoms with Crippen molar-refractivity contribution < 1.29 is 4.79 Å². The molecule has 0 heterocycles. The SMILES string of the molecule is CC(CC=O)c1ccc(Br)c(N(C)C)c1. The summed E-state index contributed by atoms with van der Waals surface area (Å²) >= 11 is 3.51. The van der Waals surface area contributed by atoms with E-state index in [9.17, 15) is 4.79 Å². The maximum Gasteiger partial charge on any atom is 0.120 e. The lowest BCUT2D eigenvalue weighted by Gasteiger charge is -2.17. The molecule has 0 amide bonds. The first-order valence-electron chi connectivity index (χ1n) is 4.96. The molecule has 0 aromatic heterocycles. The Morgan fingerprint density at radius 2 is 2.13 bits per heavy atom. The van der Waals surface area contributed by atoms with Crippen molar-refractivity contribution in [1.82, 2.24) is 0 Å². The van der Waals surface area contributed by atoms with Crippen molar-refractivity contribution in [1.29, 1.82) is 0 Å². The van der Waals surface area contributed by atoms with E-state index in [1.165, 1.54) is 5.56 Å². The number of hydrogen-bond acceptors (Lipinski definition) is 2. The molecule has 15 heavy (non-hydrogen) atoms. The van der Waals surface area contributed by atoms with Crippen molar-refractivity contribution in [3.8, 4) is 0 Å². The molecule has 0 aliphatic heterocycles. The van der Waals surface area contributed by atoms with Crippen LogP contribution >= 0.6 is 15.9 Å². The second-order valence-electron chi connectivity index (χ2n) is 3.91. The van der Waals surface area contributed by atoms with Crippen molar-refractivity contribution in [3.05, 3.63) is 28.2 Å². The monoisotopic (exact) mass is 269 g/mol. The highest BCUT2D eigenvalue weighted by Gasteiger charge is 2.08. The molecular weight excluding hydrogens is 254 g/mol. The van der Waals surface area contributed by atoms with Crippen LogP contribution in [0, 0.1) is 0 Å². The minimum atomic E-state index is 0.286. The lowest BCUT2D eigenvalue weighted by Crippen LogP contribution is -2.10. The summed E-state index contributed by atoms with van der Waals surface area (Å²) in [7, 11) is 4.02. The molecule has 0 radical (unpaired) electrons. The molecule has 0 saturated carbocycles. The number of carbonyl (C=O) groups excluding carboxylic acids is 1. The molecule has 3 heteroatoms. The molecule has 0 bridgehead atoms. The molecule has 0 N–H and O–H groups in total. The Kier molecular flexibility index (Phi) is 4.33. The van der Waals surface area contributed by atoms with E-state index < -0.39 is 0 Å². The Morgan fingerprint density at radius 3 is 2.67 bits per heavy atom. The van der Waals surface area contributed by atoms with E-state index in [1.807, 2.05) is 20.2 Å². The van der Waals surface area contributed by atoms with Crippen LogP contribution in [0.3, 0.4) is 0 Å². The van der Waals surface area contributed by atoms with Crippen LogP contribution in [-0.2, 0) is 4.79 Å². The van der Waals surface area contributed by atoms with Crippen LogP contribution in [0.15, 0.2) is 22.7 Å². The summed E-state index contributed by atoms with van der Waals surface area (Å²) in [6.07, 6.45) is 1.55. The summed E-state index contributed by atoms with van der Waals surface area (Å²) < 4.78 is 1.08. The number of anilines is 1. The predicted octanol–water partition coefficient (Wildman–Crippen LogP) is 3.21. The van der Waals surface area contributed by atoms with Gasteiger partial charge in [0.25, 0.3) is 0 Å². The van der Waals surface area contributed by atoms with Gasteiger partial charge in [0.2, 0.25) is 0 Å². The third-order valence-electron chi connectivity index (χ3n) is 2.47. The van der Waals surface area contributed by atoms with Gasteiger partial charge in [0.15, 0.2) is 0 Å². The molecule has 0 aliphatic rings. The van der Waals surface area contributed by atoms with Gasteiger partial charge in [-0.15, -0.1) is 0 Å². The normalized spacial score (nSPS) is 12.3. The summed E-state index contributed by atoms with van der Waals surface area (Å²) in [6, 6.07) is 6.22.